The van der Waals surface area contributed by atoms with Gasteiger partial charge in [0.25, 0.3) is 0 Å². The first-order valence-electron chi connectivity index (χ1n) is 5.99. The van der Waals surface area contributed by atoms with Crippen molar-refractivity contribution in [2.24, 2.45) is 5.73 Å². The van der Waals surface area contributed by atoms with E-state index in [-0.39, 0.29) is 36.7 Å². The van der Waals surface area contributed by atoms with Crippen LogP contribution >= 0.6 is 28.3 Å². The number of benzene rings is 1. The van der Waals surface area contributed by atoms with Crippen molar-refractivity contribution in [1.82, 2.24) is 4.90 Å². The summed E-state index contributed by atoms with van der Waals surface area (Å²) in [5.41, 5.74) is 6.15. The highest BCUT2D eigenvalue weighted by molar-refractivity contribution is 9.10. The molecule has 0 unspecified atom stereocenters. The monoisotopic (exact) mass is 350 g/mol. The minimum atomic E-state index is -0.541. The molecule has 0 aromatic heterocycles. The van der Waals surface area contributed by atoms with E-state index >= 15 is 0 Å². The van der Waals surface area contributed by atoms with Gasteiger partial charge in [-0.3, -0.25) is 4.79 Å². The van der Waals surface area contributed by atoms with Crippen molar-refractivity contribution in [3.8, 4) is 0 Å². The van der Waals surface area contributed by atoms with E-state index in [4.69, 9.17) is 5.73 Å². The molecule has 0 heterocycles. The Morgan fingerprint density at radius 2 is 2.21 bits per heavy atom. The Bertz CT molecular complexity index is 466. The number of nitrogens with zero attached hydrogens (tertiary/aromatic N) is 1. The number of carbonyl (C=O) groups excluding carboxylic acids is 1. The standard InChI is InChI=1S/C13H16BrFN2O.ClH/c1-8(16)13(18)17(11-3-4-11)7-9-6-10(14)2-5-12(9)15;/h2,5-6,8,11H,3-4,7,16H2,1H3;1H/t8-;/m1./s1. The average molecular weight is 352 g/mol. The summed E-state index contributed by atoms with van der Waals surface area (Å²) in [6, 6.07) is 4.44. The fraction of sp³-hybridized carbons (Fsp3) is 0.462. The second-order valence-electron chi connectivity index (χ2n) is 4.72. The third-order valence-electron chi connectivity index (χ3n) is 3.01. The molecular weight excluding hydrogens is 335 g/mol. The summed E-state index contributed by atoms with van der Waals surface area (Å²) >= 11 is 3.31. The highest BCUT2D eigenvalue weighted by Crippen LogP contribution is 2.29. The van der Waals surface area contributed by atoms with E-state index in [0.717, 1.165) is 17.3 Å². The van der Waals surface area contributed by atoms with Crippen LogP contribution in [-0.4, -0.2) is 22.9 Å². The van der Waals surface area contributed by atoms with E-state index in [1.54, 1.807) is 24.0 Å². The quantitative estimate of drug-likeness (QED) is 0.906. The predicted molar refractivity (Wildman–Crippen MR) is 78.6 cm³/mol. The van der Waals surface area contributed by atoms with Crippen LogP contribution in [-0.2, 0) is 11.3 Å². The largest absolute Gasteiger partial charge is 0.334 e. The van der Waals surface area contributed by atoms with E-state index in [1.165, 1.54) is 6.07 Å². The fourth-order valence-electron chi connectivity index (χ4n) is 1.88. The molecule has 0 saturated heterocycles. The number of nitrogens with two attached hydrogens (primary N) is 1. The molecule has 1 saturated carbocycles. The normalized spacial score (nSPS) is 15.6. The van der Waals surface area contributed by atoms with Gasteiger partial charge in [0.05, 0.1) is 6.04 Å². The fourth-order valence-corrected chi connectivity index (χ4v) is 2.29. The first-order valence-corrected chi connectivity index (χ1v) is 6.78. The molecule has 0 aliphatic heterocycles. The molecule has 6 heteroatoms. The lowest BCUT2D eigenvalue weighted by Crippen LogP contribution is -2.43. The second-order valence-corrected chi connectivity index (χ2v) is 5.64. The molecular formula is C13H17BrClFN2O. The summed E-state index contributed by atoms with van der Waals surface area (Å²) in [5, 5.41) is 0. The zero-order valence-electron chi connectivity index (χ0n) is 10.6. The molecule has 19 heavy (non-hydrogen) atoms. The summed E-state index contributed by atoms with van der Waals surface area (Å²) in [7, 11) is 0. The highest BCUT2D eigenvalue weighted by atomic mass is 79.9. The third kappa shape index (κ3) is 4.16. The number of halogens is 3. The van der Waals surface area contributed by atoms with Gasteiger partial charge in [-0.2, -0.15) is 0 Å². The third-order valence-corrected chi connectivity index (χ3v) is 3.50. The number of rotatable bonds is 4. The molecule has 1 fully saturated rings. The van der Waals surface area contributed by atoms with Crippen molar-refractivity contribution >= 4 is 34.2 Å². The summed E-state index contributed by atoms with van der Waals surface area (Å²) in [4.78, 5) is 13.7. The van der Waals surface area contributed by atoms with Crippen molar-refractivity contribution in [2.75, 3.05) is 0 Å². The Labute approximate surface area is 126 Å². The van der Waals surface area contributed by atoms with Crippen molar-refractivity contribution in [2.45, 2.75) is 38.4 Å². The van der Waals surface area contributed by atoms with Crippen LogP contribution in [0.15, 0.2) is 22.7 Å². The molecule has 1 atom stereocenters. The average Bonchev–Trinajstić information content (AvgIpc) is 3.13. The van der Waals surface area contributed by atoms with E-state index in [2.05, 4.69) is 15.9 Å². The lowest BCUT2D eigenvalue weighted by molar-refractivity contribution is -0.133. The van der Waals surface area contributed by atoms with E-state index < -0.39 is 6.04 Å². The molecule has 2 N–H and O–H groups in total. The number of hydrogen-bond acceptors (Lipinski definition) is 2. The summed E-state index contributed by atoms with van der Waals surface area (Å²) in [6.45, 7) is 1.95. The number of carbonyl (C=O) groups is 1. The lowest BCUT2D eigenvalue weighted by atomic mass is 10.2. The SMILES string of the molecule is C[C@@H](N)C(=O)N(Cc1cc(Br)ccc1F)C1CC1.Cl. The summed E-state index contributed by atoms with van der Waals surface area (Å²) < 4.78 is 14.5. The number of hydrogen-bond donors (Lipinski definition) is 1. The Kier molecular flexibility index (Phi) is 5.77. The maximum Gasteiger partial charge on any atom is 0.239 e. The second kappa shape index (κ2) is 6.68. The van der Waals surface area contributed by atoms with Crippen LogP contribution in [0.2, 0.25) is 0 Å². The van der Waals surface area contributed by atoms with Gasteiger partial charge in [-0.1, -0.05) is 15.9 Å². The van der Waals surface area contributed by atoms with Gasteiger partial charge < -0.3 is 10.6 Å². The Morgan fingerprint density at radius 3 is 2.74 bits per heavy atom. The van der Waals surface area contributed by atoms with Crippen LogP contribution in [0.4, 0.5) is 4.39 Å². The van der Waals surface area contributed by atoms with Crippen molar-refractivity contribution in [1.29, 1.82) is 0 Å². The maximum absolute atomic E-state index is 13.7. The van der Waals surface area contributed by atoms with Gasteiger partial charge in [0.1, 0.15) is 5.82 Å². The molecule has 0 bridgehead atoms. The van der Waals surface area contributed by atoms with Crippen LogP contribution in [0, 0.1) is 5.82 Å². The molecule has 1 aliphatic carbocycles. The Hall–Kier alpha value is -0.650. The van der Waals surface area contributed by atoms with Gasteiger partial charge in [0, 0.05) is 22.6 Å². The molecule has 2 rings (SSSR count). The molecule has 106 valence electrons. The van der Waals surface area contributed by atoms with Crippen molar-refractivity contribution in [3.63, 3.8) is 0 Å². The van der Waals surface area contributed by atoms with Crippen molar-refractivity contribution in [3.05, 3.63) is 34.1 Å². The van der Waals surface area contributed by atoms with Crippen LogP contribution in [0.25, 0.3) is 0 Å². The van der Waals surface area contributed by atoms with Gasteiger partial charge in [0.15, 0.2) is 0 Å². The molecule has 1 aliphatic rings. The number of amides is 1. The van der Waals surface area contributed by atoms with E-state index in [0.29, 0.717) is 5.56 Å². The topological polar surface area (TPSA) is 46.3 Å². The smallest absolute Gasteiger partial charge is 0.239 e. The molecule has 0 spiro atoms. The molecule has 0 radical (unpaired) electrons. The van der Waals surface area contributed by atoms with Gasteiger partial charge >= 0.3 is 0 Å². The van der Waals surface area contributed by atoms with Crippen LogP contribution < -0.4 is 5.73 Å². The van der Waals surface area contributed by atoms with Crippen molar-refractivity contribution < 1.29 is 9.18 Å². The van der Waals surface area contributed by atoms with Crippen LogP contribution in [0.3, 0.4) is 0 Å². The minimum Gasteiger partial charge on any atom is -0.334 e. The van der Waals surface area contributed by atoms with Crippen LogP contribution in [0.5, 0.6) is 0 Å². The first-order chi connectivity index (χ1) is 8.49. The van der Waals surface area contributed by atoms with E-state index in [9.17, 15) is 9.18 Å². The predicted octanol–water partition coefficient (Wildman–Crippen LogP) is 2.85. The zero-order chi connectivity index (χ0) is 13.3. The first kappa shape index (κ1) is 16.4. The maximum atomic E-state index is 13.7. The highest BCUT2D eigenvalue weighted by Gasteiger charge is 2.34. The Balaban J connectivity index is 0.00000180. The summed E-state index contributed by atoms with van der Waals surface area (Å²) in [5.74, 6) is -0.404. The Morgan fingerprint density at radius 1 is 1.58 bits per heavy atom. The molecule has 3 nitrogen and oxygen atoms in total. The van der Waals surface area contributed by atoms with Gasteiger partial charge in [-0.15, -0.1) is 12.4 Å². The van der Waals surface area contributed by atoms with Crippen LogP contribution in [0.1, 0.15) is 25.3 Å². The molecule has 1 amide bonds. The van der Waals surface area contributed by atoms with Gasteiger partial charge in [-0.05, 0) is 38.0 Å². The minimum absolute atomic E-state index is 0. The molecule has 1 aromatic carbocycles. The van der Waals surface area contributed by atoms with Gasteiger partial charge in [-0.25, -0.2) is 4.39 Å². The molecule has 1 aromatic rings. The zero-order valence-corrected chi connectivity index (χ0v) is 13.0. The lowest BCUT2D eigenvalue weighted by Gasteiger charge is -2.24. The van der Waals surface area contributed by atoms with Gasteiger partial charge in [0.2, 0.25) is 5.91 Å². The summed E-state index contributed by atoms with van der Waals surface area (Å²) in [6.07, 6.45) is 1.96. The van der Waals surface area contributed by atoms with E-state index in [1.807, 2.05) is 0 Å².